The Bertz CT molecular complexity index is 1120. The van der Waals surface area contributed by atoms with Crippen molar-refractivity contribution in [3.8, 4) is 0 Å². The van der Waals surface area contributed by atoms with Crippen LogP contribution in [0, 0.1) is 13.8 Å². The molecule has 1 fully saturated rings. The molecule has 0 N–H and O–H groups in total. The molecule has 7 heteroatoms. The van der Waals surface area contributed by atoms with Gasteiger partial charge < -0.3 is 14.2 Å². The normalized spacial score (nSPS) is 15.1. The third-order valence-electron chi connectivity index (χ3n) is 5.69. The second-order valence-corrected chi connectivity index (χ2v) is 10.1. The minimum atomic E-state index is -1.13. The summed E-state index contributed by atoms with van der Waals surface area (Å²) in [5, 5.41) is 0.656. The van der Waals surface area contributed by atoms with Gasteiger partial charge in [-0.25, -0.2) is 0 Å². The number of furan rings is 1. The Labute approximate surface area is 196 Å². The maximum atomic E-state index is 12.9. The summed E-state index contributed by atoms with van der Waals surface area (Å²) in [6, 6.07) is 17.2. The first-order valence-electron chi connectivity index (χ1n) is 10.7. The summed E-state index contributed by atoms with van der Waals surface area (Å²) in [5.74, 6) is 1.45. The van der Waals surface area contributed by atoms with Crippen molar-refractivity contribution in [1.82, 2.24) is 4.90 Å². The van der Waals surface area contributed by atoms with E-state index in [-0.39, 0.29) is 11.7 Å². The second-order valence-electron chi connectivity index (χ2n) is 8.19. The largest absolute Gasteiger partial charge is 0.455 e. The van der Waals surface area contributed by atoms with Crippen LogP contribution >= 0.6 is 11.6 Å². The SMILES string of the molecule is Cc1ccc(C)c(N2CCN(C(=O)c3ccc(C[S@@](=O)Cc4ccc(Cl)cc4)o3)CC2)c1. The van der Waals surface area contributed by atoms with Gasteiger partial charge in [0, 0.05) is 53.4 Å². The van der Waals surface area contributed by atoms with Gasteiger partial charge in [-0.2, -0.15) is 0 Å². The Morgan fingerprint density at radius 2 is 1.69 bits per heavy atom. The van der Waals surface area contributed by atoms with E-state index in [1.807, 2.05) is 17.0 Å². The smallest absolute Gasteiger partial charge is 0.289 e. The number of aryl methyl sites for hydroxylation is 2. The Kier molecular flexibility index (Phi) is 7.01. The quantitative estimate of drug-likeness (QED) is 0.511. The van der Waals surface area contributed by atoms with Crippen LogP contribution in [0.25, 0.3) is 0 Å². The molecule has 0 bridgehead atoms. The lowest BCUT2D eigenvalue weighted by Gasteiger charge is -2.36. The predicted molar refractivity (Wildman–Crippen MR) is 130 cm³/mol. The average Bonchev–Trinajstić information content (AvgIpc) is 3.25. The summed E-state index contributed by atoms with van der Waals surface area (Å²) in [5.41, 5.74) is 4.68. The monoisotopic (exact) mass is 470 g/mol. The molecule has 1 amide bonds. The van der Waals surface area contributed by atoms with Gasteiger partial charge in [-0.15, -0.1) is 0 Å². The Hall–Kier alpha value is -2.57. The summed E-state index contributed by atoms with van der Waals surface area (Å²) in [6.07, 6.45) is 0. The lowest BCUT2D eigenvalue weighted by Crippen LogP contribution is -2.49. The molecule has 3 aromatic rings. The Balaban J connectivity index is 1.32. The first-order valence-corrected chi connectivity index (χ1v) is 12.6. The van der Waals surface area contributed by atoms with Crippen molar-refractivity contribution < 1.29 is 13.4 Å². The van der Waals surface area contributed by atoms with Gasteiger partial charge in [-0.05, 0) is 60.9 Å². The van der Waals surface area contributed by atoms with Gasteiger partial charge in [-0.1, -0.05) is 35.9 Å². The third-order valence-corrected chi connectivity index (χ3v) is 7.20. The van der Waals surface area contributed by atoms with Gasteiger partial charge in [0.05, 0.1) is 5.75 Å². The van der Waals surface area contributed by atoms with Crippen molar-refractivity contribution in [3.63, 3.8) is 0 Å². The van der Waals surface area contributed by atoms with Gasteiger partial charge in [-0.3, -0.25) is 9.00 Å². The summed E-state index contributed by atoms with van der Waals surface area (Å²) in [4.78, 5) is 17.1. The summed E-state index contributed by atoms with van der Waals surface area (Å²) < 4.78 is 18.2. The van der Waals surface area contributed by atoms with Crippen LogP contribution in [0.15, 0.2) is 59.0 Å². The zero-order valence-electron chi connectivity index (χ0n) is 18.3. The number of hydrogen-bond donors (Lipinski definition) is 0. The predicted octanol–water partition coefficient (Wildman–Crippen LogP) is 4.96. The molecule has 2 heterocycles. The molecule has 1 aliphatic rings. The van der Waals surface area contributed by atoms with Crippen molar-refractivity contribution in [2.24, 2.45) is 0 Å². The van der Waals surface area contributed by atoms with E-state index in [0.29, 0.717) is 35.4 Å². The fourth-order valence-corrected chi connectivity index (χ4v) is 5.18. The zero-order chi connectivity index (χ0) is 22.7. The highest BCUT2D eigenvalue weighted by molar-refractivity contribution is 7.83. The van der Waals surface area contributed by atoms with Gasteiger partial charge in [0.1, 0.15) is 5.76 Å². The zero-order valence-corrected chi connectivity index (χ0v) is 19.9. The van der Waals surface area contributed by atoms with E-state index >= 15 is 0 Å². The average molecular weight is 471 g/mol. The Morgan fingerprint density at radius 3 is 2.41 bits per heavy atom. The van der Waals surface area contributed by atoms with Crippen LogP contribution in [-0.4, -0.2) is 41.2 Å². The molecule has 168 valence electrons. The van der Waals surface area contributed by atoms with E-state index in [9.17, 15) is 9.00 Å². The van der Waals surface area contributed by atoms with Crippen LogP contribution in [0.4, 0.5) is 5.69 Å². The van der Waals surface area contributed by atoms with Crippen LogP contribution in [0.5, 0.6) is 0 Å². The fraction of sp³-hybridized carbons (Fsp3) is 0.320. The van der Waals surface area contributed by atoms with Gasteiger partial charge in [0.2, 0.25) is 0 Å². The standard InChI is InChI=1S/C25H27ClN2O3S/c1-18-3-4-19(2)23(15-18)27-11-13-28(14-12-27)25(29)24-10-9-22(31-24)17-32(30)16-20-5-7-21(26)8-6-20/h3-10,15H,11-14,16-17H2,1-2H3/t32-/m0/s1. The molecule has 5 nitrogen and oxygen atoms in total. The lowest BCUT2D eigenvalue weighted by molar-refractivity contribution is 0.0713. The molecule has 1 aromatic heterocycles. The Morgan fingerprint density at radius 1 is 0.969 bits per heavy atom. The first kappa shape index (κ1) is 22.6. The van der Waals surface area contributed by atoms with Crippen molar-refractivity contribution in [3.05, 3.63) is 87.8 Å². The lowest BCUT2D eigenvalue weighted by atomic mass is 10.1. The highest BCUT2D eigenvalue weighted by Crippen LogP contribution is 2.24. The number of halogens is 1. The molecule has 0 spiro atoms. The third kappa shape index (κ3) is 5.43. The number of piperazine rings is 1. The molecular weight excluding hydrogens is 444 g/mol. The van der Waals surface area contributed by atoms with E-state index in [2.05, 4.69) is 36.9 Å². The number of benzene rings is 2. The molecule has 0 saturated carbocycles. The van der Waals surface area contributed by atoms with Crippen LogP contribution in [-0.2, 0) is 22.3 Å². The summed E-state index contributed by atoms with van der Waals surface area (Å²) >= 11 is 5.90. The van der Waals surface area contributed by atoms with E-state index in [1.54, 1.807) is 24.3 Å². The molecule has 0 unspecified atom stereocenters. The van der Waals surface area contributed by atoms with Crippen molar-refractivity contribution in [2.45, 2.75) is 25.4 Å². The van der Waals surface area contributed by atoms with Crippen LogP contribution in [0.1, 0.15) is 33.0 Å². The molecule has 1 saturated heterocycles. The molecular formula is C25H27ClN2O3S. The summed E-state index contributed by atoms with van der Waals surface area (Å²) in [6.45, 7) is 7.08. The molecule has 32 heavy (non-hydrogen) atoms. The number of hydrogen-bond acceptors (Lipinski definition) is 4. The van der Waals surface area contributed by atoms with E-state index in [0.717, 1.165) is 18.7 Å². The first-order chi connectivity index (χ1) is 15.4. The molecule has 2 aromatic carbocycles. The van der Waals surface area contributed by atoms with Crippen LogP contribution in [0.2, 0.25) is 5.02 Å². The van der Waals surface area contributed by atoms with Crippen LogP contribution < -0.4 is 4.90 Å². The van der Waals surface area contributed by atoms with Crippen LogP contribution in [0.3, 0.4) is 0 Å². The van der Waals surface area contributed by atoms with E-state index < -0.39 is 10.8 Å². The number of rotatable bonds is 6. The van der Waals surface area contributed by atoms with Crippen molar-refractivity contribution in [2.75, 3.05) is 31.1 Å². The minimum absolute atomic E-state index is 0.111. The topological polar surface area (TPSA) is 53.8 Å². The molecule has 4 rings (SSSR count). The number of anilines is 1. The van der Waals surface area contributed by atoms with E-state index in [4.69, 9.17) is 16.0 Å². The number of amides is 1. The summed E-state index contributed by atoms with van der Waals surface area (Å²) in [7, 11) is -1.13. The highest BCUT2D eigenvalue weighted by atomic mass is 35.5. The molecule has 0 aliphatic carbocycles. The highest BCUT2D eigenvalue weighted by Gasteiger charge is 2.25. The minimum Gasteiger partial charge on any atom is -0.455 e. The number of carbonyl (C=O) groups excluding carboxylic acids is 1. The fourth-order valence-electron chi connectivity index (χ4n) is 3.91. The molecule has 1 aliphatic heterocycles. The molecule has 1 atom stereocenters. The van der Waals surface area contributed by atoms with Crippen molar-refractivity contribution in [1.29, 1.82) is 0 Å². The maximum absolute atomic E-state index is 12.9. The van der Waals surface area contributed by atoms with Gasteiger partial charge >= 0.3 is 0 Å². The molecule has 0 radical (unpaired) electrons. The number of nitrogens with zero attached hydrogens (tertiary/aromatic N) is 2. The number of carbonyl (C=O) groups is 1. The second kappa shape index (κ2) is 9.92. The van der Waals surface area contributed by atoms with Crippen molar-refractivity contribution >= 4 is 34.0 Å². The maximum Gasteiger partial charge on any atom is 0.289 e. The van der Waals surface area contributed by atoms with Gasteiger partial charge in [0.15, 0.2) is 5.76 Å². The van der Waals surface area contributed by atoms with Gasteiger partial charge in [0.25, 0.3) is 5.91 Å². The van der Waals surface area contributed by atoms with E-state index in [1.165, 1.54) is 16.8 Å².